The molecule has 1 saturated carbocycles. The van der Waals surface area contributed by atoms with E-state index in [1.165, 1.54) is 36.4 Å². The van der Waals surface area contributed by atoms with Crippen molar-refractivity contribution in [2.45, 2.75) is 29.7 Å². The molecule has 27 heavy (non-hydrogen) atoms. The van der Waals surface area contributed by atoms with Crippen LogP contribution in [0.15, 0.2) is 35.2 Å². The number of hydrogen-bond acceptors (Lipinski definition) is 6. The van der Waals surface area contributed by atoms with Crippen LogP contribution in [0.2, 0.25) is 5.02 Å². The van der Waals surface area contributed by atoms with Crippen molar-refractivity contribution in [2.24, 2.45) is 0 Å². The highest BCUT2D eigenvalue weighted by atomic mass is 35.5. The second-order valence-corrected chi connectivity index (χ2v) is 9.37. The Balaban J connectivity index is 1.42. The van der Waals surface area contributed by atoms with Crippen LogP contribution in [0.25, 0.3) is 0 Å². The Labute approximate surface area is 164 Å². The summed E-state index contributed by atoms with van der Waals surface area (Å²) in [5.74, 6) is 1.80. The fraction of sp³-hybridized carbons (Fsp3) is 0.444. The van der Waals surface area contributed by atoms with Gasteiger partial charge < -0.3 is 9.64 Å². The van der Waals surface area contributed by atoms with Gasteiger partial charge in [0.05, 0.1) is 28.8 Å². The number of aromatic nitrogens is 2. The third-order valence-electron chi connectivity index (χ3n) is 5.17. The molecule has 0 spiro atoms. The molecule has 0 N–H and O–H groups in total. The van der Waals surface area contributed by atoms with E-state index in [0.717, 1.165) is 11.5 Å². The van der Waals surface area contributed by atoms with E-state index < -0.39 is 10.0 Å². The van der Waals surface area contributed by atoms with Gasteiger partial charge in [-0.25, -0.2) is 8.42 Å². The van der Waals surface area contributed by atoms with Crippen molar-refractivity contribution in [1.29, 1.82) is 0 Å². The summed E-state index contributed by atoms with van der Waals surface area (Å²) < 4.78 is 32.2. The van der Waals surface area contributed by atoms with Crippen LogP contribution in [-0.4, -0.2) is 56.2 Å². The van der Waals surface area contributed by atoms with Crippen molar-refractivity contribution in [3.05, 3.63) is 41.0 Å². The molecule has 144 valence electrons. The van der Waals surface area contributed by atoms with Gasteiger partial charge >= 0.3 is 0 Å². The highest BCUT2D eigenvalue weighted by Crippen LogP contribution is 2.39. The van der Waals surface area contributed by atoms with Crippen molar-refractivity contribution in [3.63, 3.8) is 0 Å². The number of hydrogen-bond donors (Lipinski definition) is 0. The molecule has 4 rings (SSSR count). The number of rotatable bonds is 6. The van der Waals surface area contributed by atoms with Crippen LogP contribution in [0, 0.1) is 0 Å². The zero-order valence-corrected chi connectivity index (χ0v) is 16.7. The van der Waals surface area contributed by atoms with E-state index >= 15 is 0 Å². The van der Waals surface area contributed by atoms with E-state index in [2.05, 4.69) is 10.2 Å². The van der Waals surface area contributed by atoms with Crippen LogP contribution in [0.4, 0.5) is 5.82 Å². The first-order valence-corrected chi connectivity index (χ1v) is 10.6. The van der Waals surface area contributed by atoms with Gasteiger partial charge in [-0.1, -0.05) is 11.6 Å². The fourth-order valence-electron chi connectivity index (χ4n) is 3.14. The molecule has 1 aliphatic heterocycles. The van der Waals surface area contributed by atoms with Crippen molar-refractivity contribution in [1.82, 2.24) is 14.5 Å². The SMILES string of the molecule is COc1ccc(S(=O)(=O)N(C)C2CN(c3ccc(C4CC4)nn3)C2)cc1Cl. The van der Waals surface area contributed by atoms with Gasteiger partial charge in [0.25, 0.3) is 0 Å². The quantitative estimate of drug-likeness (QED) is 0.731. The average Bonchev–Trinajstić information content (AvgIpc) is 3.46. The second-order valence-electron chi connectivity index (χ2n) is 6.97. The third-order valence-corrected chi connectivity index (χ3v) is 7.37. The number of anilines is 1. The molecule has 0 unspecified atom stereocenters. The normalized spacial score (nSPS) is 17.9. The molecular weight excluding hydrogens is 388 g/mol. The first-order valence-electron chi connectivity index (χ1n) is 8.80. The van der Waals surface area contributed by atoms with Crippen LogP contribution in [0.5, 0.6) is 5.75 Å². The molecule has 1 aromatic heterocycles. The number of ether oxygens (including phenoxy) is 1. The van der Waals surface area contributed by atoms with E-state index in [1.54, 1.807) is 13.1 Å². The number of nitrogens with zero attached hydrogens (tertiary/aromatic N) is 4. The van der Waals surface area contributed by atoms with E-state index in [1.807, 2.05) is 17.0 Å². The summed E-state index contributed by atoms with van der Waals surface area (Å²) in [6, 6.07) is 8.36. The van der Waals surface area contributed by atoms with E-state index in [9.17, 15) is 8.42 Å². The summed E-state index contributed by atoms with van der Waals surface area (Å²) in [7, 11) is -0.546. The Kier molecular flexibility index (Phi) is 4.73. The summed E-state index contributed by atoms with van der Waals surface area (Å²) in [6.45, 7) is 1.16. The van der Waals surface area contributed by atoms with Gasteiger partial charge in [0.15, 0.2) is 5.82 Å². The molecule has 0 bridgehead atoms. The van der Waals surface area contributed by atoms with Crippen molar-refractivity contribution >= 4 is 27.4 Å². The summed E-state index contributed by atoms with van der Waals surface area (Å²) in [4.78, 5) is 2.18. The minimum Gasteiger partial charge on any atom is -0.495 e. The lowest BCUT2D eigenvalue weighted by Gasteiger charge is -2.43. The van der Waals surface area contributed by atoms with Gasteiger partial charge in [0.1, 0.15) is 5.75 Å². The summed E-state index contributed by atoms with van der Waals surface area (Å²) in [6.07, 6.45) is 2.38. The summed E-state index contributed by atoms with van der Waals surface area (Å²) in [5, 5.41) is 8.84. The van der Waals surface area contributed by atoms with E-state index in [-0.39, 0.29) is 16.0 Å². The molecule has 2 aromatic rings. The van der Waals surface area contributed by atoms with Gasteiger partial charge in [-0.2, -0.15) is 9.40 Å². The van der Waals surface area contributed by atoms with E-state index in [4.69, 9.17) is 16.3 Å². The predicted molar refractivity (Wildman–Crippen MR) is 103 cm³/mol. The number of methoxy groups -OCH3 is 1. The maximum atomic E-state index is 12.9. The Morgan fingerprint density at radius 1 is 1.19 bits per heavy atom. The lowest BCUT2D eigenvalue weighted by Crippen LogP contribution is -2.60. The number of benzene rings is 1. The topological polar surface area (TPSA) is 75.6 Å². The molecule has 2 fully saturated rings. The van der Waals surface area contributed by atoms with Crippen LogP contribution in [-0.2, 0) is 10.0 Å². The van der Waals surface area contributed by atoms with E-state index in [0.29, 0.717) is 24.8 Å². The first kappa shape index (κ1) is 18.5. The maximum Gasteiger partial charge on any atom is 0.243 e. The molecular formula is C18H21ClN4O3S. The maximum absolute atomic E-state index is 12.9. The summed E-state index contributed by atoms with van der Waals surface area (Å²) >= 11 is 6.08. The zero-order valence-electron chi connectivity index (χ0n) is 15.2. The van der Waals surface area contributed by atoms with Crippen LogP contribution in [0.3, 0.4) is 0 Å². The van der Waals surface area contributed by atoms with Gasteiger partial charge in [0.2, 0.25) is 10.0 Å². The fourth-order valence-corrected chi connectivity index (χ4v) is 4.83. The van der Waals surface area contributed by atoms with Crippen LogP contribution < -0.4 is 9.64 Å². The molecule has 2 heterocycles. The Bertz CT molecular complexity index is 942. The zero-order chi connectivity index (χ0) is 19.2. The minimum atomic E-state index is -3.63. The van der Waals surface area contributed by atoms with Crippen molar-refractivity contribution < 1.29 is 13.2 Å². The second kappa shape index (κ2) is 6.92. The molecule has 7 nitrogen and oxygen atoms in total. The predicted octanol–water partition coefficient (Wildman–Crippen LogP) is 2.53. The van der Waals surface area contributed by atoms with Gasteiger partial charge in [-0.05, 0) is 43.2 Å². The number of halogens is 1. The lowest BCUT2D eigenvalue weighted by atomic mass is 10.1. The molecule has 0 atom stereocenters. The largest absolute Gasteiger partial charge is 0.495 e. The van der Waals surface area contributed by atoms with Gasteiger partial charge in [0, 0.05) is 26.1 Å². The smallest absolute Gasteiger partial charge is 0.243 e. The molecule has 1 aromatic carbocycles. The number of likely N-dealkylation sites (N-methyl/N-ethyl adjacent to an activating group) is 1. The third kappa shape index (κ3) is 3.49. The molecule has 2 aliphatic rings. The van der Waals surface area contributed by atoms with Gasteiger partial charge in [-0.15, -0.1) is 5.10 Å². The summed E-state index contributed by atoms with van der Waals surface area (Å²) in [5.41, 5.74) is 1.05. The molecule has 0 amide bonds. The molecule has 1 aliphatic carbocycles. The highest BCUT2D eigenvalue weighted by molar-refractivity contribution is 7.89. The van der Waals surface area contributed by atoms with Gasteiger partial charge in [-0.3, -0.25) is 0 Å². The van der Waals surface area contributed by atoms with Crippen molar-refractivity contribution in [2.75, 3.05) is 32.1 Å². The Morgan fingerprint density at radius 2 is 1.93 bits per heavy atom. The standard InChI is InChI=1S/C18H21ClN4O3S/c1-22(27(24,25)14-5-7-17(26-2)15(19)9-14)13-10-23(11-13)18-8-6-16(20-21-18)12-3-4-12/h5-9,12-13H,3-4,10-11H2,1-2H3. The molecule has 1 saturated heterocycles. The average molecular weight is 409 g/mol. The lowest BCUT2D eigenvalue weighted by molar-refractivity contribution is 0.309. The minimum absolute atomic E-state index is 0.124. The monoisotopic (exact) mass is 408 g/mol. The van der Waals surface area contributed by atoms with Crippen LogP contribution in [0.1, 0.15) is 24.5 Å². The van der Waals surface area contributed by atoms with Crippen molar-refractivity contribution in [3.8, 4) is 5.75 Å². The Hall–Kier alpha value is -1.90. The molecule has 0 radical (unpaired) electrons. The Morgan fingerprint density at radius 3 is 2.48 bits per heavy atom. The highest BCUT2D eigenvalue weighted by Gasteiger charge is 2.37. The molecule has 9 heteroatoms. The number of sulfonamides is 1. The first-order chi connectivity index (χ1) is 12.9. The van der Waals surface area contributed by atoms with Crippen LogP contribution >= 0.6 is 11.6 Å².